The maximum atomic E-state index is 5.69. The highest BCUT2D eigenvalue weighted by Gasteiger charge is 2.17. The molecule has 0 aliphatic rings. The molecule has 0 bridgehead atoms. The van der Waals surface area contributed by atoms with Crippen LogP contribution < -0.4 is 0 Å². The Labute approximate surface area is 79.6 Å². The van der Waals surface area contributed by atoms with Crippen LogP contribution in [0.1, 0.15) is 41.5 Å². The molecule has 0 radical (unpaired) electrons. The van der Waals surface area contributed by atoms with Crippen molar-refractivity contribution in [3.8, 4) is 0 Å². The van der Waals surface area contributed by atoms with Gasteiger partial charge in [-0.3, -0.25) is 0 Å². The Kier molecular flexibility index (Phi) is 3.98. The summed E-state index contributed by atoms with van der Waals surface area (Å²) in [5.41, 5.74) is 0.244. The van der Waals surface area contributed by atoms with Gasteiger partial charge in [-0.25, -0.2) is 0 Å². The first-order valence-electron chi connectivity index (χ1n) is 4.30. The summed E-state index contributed by atoms with van der Waals surface area (Å²) in [5, 5.41) is 0. The zero-order valence-corrected chi connectivity index (χ0v) is 10.0. The van der Waals surface area contributed by atoms with Crippen LogP contribution in [0.4, 0.5) is 0 Å². The molecule has 0 aromatic rings. The summed E-state index contributed by atoms with van der Waals surface area (Å²) in [5.74, 6) is 4.02. The Hall–Kier alpha value is 0.180. The highest BCUT2D eigenvalue weighted by atomic mass is 32.2. The van der Waals surface area contributed by atoms with E-state index in [0.717, 1.165) is 6.61 Å². The molecule has 1 atom stereocenters. The summed E-state index contributed by atoms with van der Waals surface area (Å²) in [6.45, 7) is 13.8. The molecular weight excluding hydrogens is 168 g/mol. The Balaban J connectivity index is 3.90. The summed E-state index contributed by atoms with van der Waals surface area (Å²) in [7, 11) is -0.184. The van der Waals surface area contributed by atoms with Crippen LogP contribution in [0, 0.1) is 5.41 Å². The maximum Gasteiger partial charge on any atom is 0.0655 e. The van der Waals surface area contributed by atoms with Crippen LogP contribution in [-0.4, -0.2) is 17.2 Å². The van der Waals surface area contributed by atoms with Crippen molar-refractivity contribution >= 4 is 16.6 Å². The van der Waals surface area contributed by atoms with Gasteiger partial charge in [0.05, 0.1) is 6.61 Å². The maximum absolute atomic E-state index is 5.69. The third kappa shape index (κ3) is 5.78. The smallest absolute Gasteiger partial charge is 0.0655 e. The molecule has 0 saturated carbocycles. The normalized spacial score (nSPS) is 16.2. The van der Waals surface area contributed by atoms with Crippen LogP contribution in [-0.2, 0) is 4.18 Å². The van der Waals surface area contributed by atoms with Crippen molar-refractivity contribution in [2.24, 2.45) is 5.41 Å². The van der Waals surface area contributed by atoms with E-state index in [1.807, 2.05) is 0 Å². The van der Waals surface area contributed by atoms with Gasteiger partial charge in [-0.15, -0.1) is 0 Å². The lowest BCUT2D eigenvalue weighted by Crippen LogP contribution is -2.17. The second kappa shape index (κ2) is 3.93. The fourth-order valence-electron chi connectivity index (χ4n) is 0.425. The van der Waals surface area contributed by atoms with Gasteiger partial charge in [-0.1, -0.05) is 31.5 Å². The van der Waals surface area contributed by atoms with Gasteiger partial charge in [0.2, 0.25) is 0 Å². The Morgan fingerprint density at radius 1 is 1.08 bits per heavy atom. The largest absolute Gasteiger partial charge is 0.322 e. The van der Waals surface area contributed by atoms with Crippen molar-refractivity contribution < 1.29 is 4.18 Å². The average Bonchev–Trinajstić information content (AvgIpc) is 1.78. The SMILES string of the molecule is C=S(OCC(C)(C)C)C(C)(C)C. The predicted octanol–water partition coefficient (Wildman–Crippen LogP) is 3.46. The zero-order valence-electron chi connectivity index (χ0n) is 9.23. The van der Waals surface area contributed by atoms with Crippen LogP contribution in [0.3, 0.4) is 0 Å². The molecule has 1 unspecified atom stereocenters. The van der Waals surface area contributed by atoms with Crippen molar-refractivity contribution in [1.82, 2.24) is 0 Å². The van der Waals surface area contributed by atoms with Gasteiger partial charge in [-0.2, -0.15) is 0 Å². The summed E-state index contributed by atoms with van der Waals surface area (Å²) in [4.78, 5) is 0. The quantitative estimate of drug-likeness (QED) is 0.606. The first-order chi connectivity index (χ1) is 5.13. The molecule has 12 heavy (non-hydrogen) atoms. The van der Waals surface area contributed by atoms with Crippen molar-refractivity contribution in [2.45, 2.75) is 46.3 Å². The topological polar surface area (TPSA) is 9.23 Å². The van der Waals surface area contributed by atoms with Gasteiger partial charge in [0.15, 0.2) is 0 Å². The average molecular weight is 190 g/mol. The molecule has 74 valence electrons. The summed E-state index contributed by atoms with van der Waals surface area (Å²) >= 11 is 0. The molecule has 0 aliphatic heterocycles. The van der Waals surface area contributed by atoms with Gasteiger partial charge in [0.1, 0.15) is 0 Å². The van der Waals surface area contributed by atoms with E-state index >= 15 is 0 Å². The molecule has 0 N–H and O–H groups in total. The first-order valence-corrected chi connectivity index (χ1v) is 5.62. The fraction of sp³-hybridized carbons (Fsp3) is 0.900. The van der Waals surface area contributed by atoms with Crippen molar-refractivity contribution in [2.75, 3.05) is 6.61 Å². The molecule has 0 aliphatic carbocycles. The Morgan fingerprint density at radius 3 is 1.75 bits per heavy atom. The van der Waals surface area contributed by atoms with E-state index in [4.69, 9.17) is 4.18 Å². The van der Waals surface area contributed by atoms with Crippen LogP contribution in [0.2, 0.25) is 0 Å². The number of hydrogen-bond acceptors (Lipinski definition) is 1. The molecular formula is C10H22OS. The lowest BCUT2D eigenvalue weighted by molar-refractivity contribution is 0.223. The van der Waals surface area contributed by atoms with E-state index in [9.17, 15) is 0 Å². The van der Waals surface area contributed by atoms with Gasteiger partial charge in [-0.05, 0) is 32.1 Å². The van der Waals surface area contributed by atoms with Crippen LogP contribution >= 0.6 is 10.8 Å². The van der Waals surface area contributed by atoms with Crippen LogP contribution in [0.5, 0.6) is 0 Å². The van der Waals surface area contributed by atoms with E-state index in [1.165, 1.54) is 0 Å². The molecule has 0 saturated heterocycles. The molecule has 0 amide bonds. The summed E-state index contributed by atoms with van der Waals surface area (Å²) < 4.78 is 5.86. The van der Waals surface area contributed by atoms with Crippen molar-refractivity contribution in [3.05, 3.63) is 0 Å². The second-order valence-electron chi connectivity index (χ2n) is 5.28. The summed E-state index contributed by atoms with van der Waals surface area (Å²) in [6, 6.07) is 0. The van der Waals surface area contributed by atoms with Gasteiger partial charge < -0.3 is 4.18 Å². The first kappa shape index (κ1) is 12.2. The van der Waals surface area contributed by atoms with E-state index in [-0.39, 0.29) is 20.9 Å². The lowest BCUT2D eigenvalue weighted by atomic mass is 9.99. The lowest BCUT2D eigenvalue weighted by Gasteiger charge is -2.26. The van der Waals surface area contributed by atoms with Gasteiger partial charge in [0, 0.05) is 4.75 Å². The van der Waals surface area contributed by atoms with Crippen LogP contribution in [0.25, 0.3) is 0 Å². The fourth-order valence-corrected chi connectivity index (χ4v) is 1.27. The van der Waals surface area contributed by atoms with Gasteiger partial charge in [0.25, 0.3) is 0 Å². The van der Waals surface area contributed by atoms with E-state index in [0.29, 0.717) is 0 Å². The minimum Gasteiger partial charge on any atom is -0.322 e. The van der Waals surface area contributed by atoms with Crippen molar-refractivity contribution in [3.63, 3.8) is 0 Å². The van der Waals surface area contributed by atoms with E-state index < -0.39 is 0 Å². The Bertz CT molecular complexity index is 160. The molecule has 0 aromatic heterocycles. The minimum absolute atomic E-state index is 0.172. The third-order valence-corrected chi connectivity index (χ3v) is 3.09. The monoisotopic (exact) mass is 190 g/mol. The highest BCUT2D eigenvalue weighted by molar-refractivity contribution is 8.11. The third-order valence-electron chi connectivity index (χ3n) is 1.32. The number of hydrogen-bond donors (Lipinski definition) is 0. The molecule has 0 fully saturated rings. The number of rotatable bonds is 2. The standard InChI is InChI=1S/C10H22OS/c1-9(2,3)8-11-12(7)10(4,5)6/h7-8H2,1-6H3. The molecule has 2 heteroatoms. The minimum atomic E-state index is -0.184. The molecule has 1 nitrogen and oxygen atoms in total. The Morgan fingerprint density at radius 2 is 1.50 bits per heavy atom. The van der Waals surface area contributed by atoms with Gasteiger partial charge >= 0.3 is 0 Å². The molecule has 0 rings (SSSR count). The molecule has 0 spiro atoms. The van der Waals surface area contributed by atoms with Crippen molar-refractivity contribution in [1.29, 1.82) is 0 Å². The van der Waals surface area contributed by atoms with E-state index in [1.54, 1.807) is 0 Å². The second-order valence-corrected chi connectivity index (χ2v) is 7.43. The molecule has 0 heterocycles. The highest BCUT2D eigenvalue weighted by Crippen LogP contribution is 2.32. The van der Waals surface area contributed by atoms with Crippen LogP contribution in [0.15, 0.2) is 0 Å². The summed E-state index contributed by atoms with van der Waals surface area (Å²) in [6.07, 6.45) is 0. The molecule has 0 aromatic carbocycles. The van der Waals surface area contributed by atoms with E-state index in [2.05, 4.69) is 47.4 Å². The zero-order chi connectivity index (χ0) is 9.99. The predicted molar refractivity (Wildman–Crippen MR) is 59.9 cm³/mol.